The molecule has 0 spiro atoms. The summed E-state index contributed by atoms with van der Waals surface area (Å²) in [6, 6.07) is 10.5. The van der Waals surface area contributed by atoms with Crippen LogP contribution in [0.3, 0.4) is 0 Å². The number of benzene rings is 2. The van der Waals surface area contributed by atoms with Crippen molar-refractivity contribution in [1.82, 2.24) is 15.2 Å². The van der Waals surface area contributed by atoms with Crippen molar-refractivity contribution >= 4 is 29.0 Å². The Morgan fingerprint density at radius 3 is 2.11 bits per heavy atom. The number of hydrogen-bond acceptors (Lipinski definition) is 9. The van der Waals surface area contributed by atoms with Gasteiger partial charge < -0.3 is 4.74 Å². The van der Waals surface area contributed by atoms with E-state index in [1.54, 1.807) is 26.0 Å². The standard InChI is InChI=1S/C23H22N6O7/c1-13(24-25-22(30)16(4)27-15(3)21(29(34)35)14(2)26-27)17-7-11-20(12-8-17)36-23(31)18-5-9-19(10-6-18)28(32)33/h5-12,16H,1-4H3,(H,25,30)/b24-13+. The first-order valence-electron chi connectivity index (χ1n) is 10.6. The van der Waals surface area contributed by atoms with Crippen molar-refractivity contribution in [2.24, 2.45) is 5.10 Å². The van der Waals surface area contributed by atoms with Gasteiger partial charge in [-0.2, -0.15) is 10.2 Å². The Kier molecular flexibility index (Phi) is 7.52. The highest BCUT2D eigenvalue weighted by atomic mass is 16.6. The van der Waals surface area contributed by atoms with Gasteiger partial charge >= 0.3 is 11.7 Å². The van der Waals surface area contributed by atoms with Crippen molar-refractivity contribution in [2.75, 3.05) is 0 Å². The molecule has 186 valence electrons. The van der Waals surface area contributed by atoms with Gasteiger partial charge in [0.15, 0.2) is 0 Å². The summed E-state index contributed by atoms with van der Waals surface area (Å²) in [7, 11) is 0. The molecule has 13 nitrogen and oxygen atoms in total. The smallest absolute Gasteiger partial charge is 0.343 e. The van der Waals surface area contributed by atoms with E-state index in [9.17, 15) is 29.8 Å². The second-order valence-corrected chi connectivity index (χ2v) is 7.79. The van der Waals surface area contributed by atoms with Crippen molar-refractivity contribution in [1.29, 1.82) is 0 Å². The van der Waals surface area contributed by atoms with Crippen LogP contribution in [0.1, 0.15) is 47.2 Å². The molecule has 0 fully saturated rings. The molecule has 2 aromatic carbocycles. The van der Waals surface area contributed by atoms with Crippen molar-refractivity contribution < 1.29 is 24.2 Å². The molecule has 1 amide bonds. The number of amides is 1. The largest absolute Gasteiger partial charge is 0.423 e. The fourth-order valence-electron chi connectivity index (χ4n) is 3.35. The van der Waals surface area contributed by atoms with E-state index < -0.39 is 27.8 Å². The van der Waals surface area contributed by atoms with Crippen LogP contribution in [0, 0.1) is 34.1 Å². The molecule has 0 aliphatic carbocycles. The van der Waals surface area contributed by atoms with Crippen molar-refractivity contribution in [3.63, 3.8) is 0 Å². The van der Waals surface area contributed by atoms with Gasteiger partial charge in [-0.05, 0) is 69.7 Å². The van der Waals surface area contributed by atoms with Gasteiger partial charge in [-0.1, -0.05) is 0 Å². The van der Waals surface area contributed by atoms with E-state index >= 15 is 0 Å². The first kappa shape index (κ1) is 25.7. The quantitative estimate of drug-likeness (QED) is 0.162. The Hall–Kier alpha value is -4.94. The van der Waals surface area contributed by atoms with Gasteiger partial charge in [0.05, 0.1) is 21.1 Å². The summed E-state index contributed by atoms with van der Waals surface area (Å²) in [4.78, 5) is 45.6. The molecule has 3 rings (SSSR count). The molecule has 0 bridgehead atoms. The number of rotatable bonds is 8. The lowest BCUT2D eigenvalue weighted by Crippen LogP contribution is -2.29. The summed E-state index contributed by atoms with van der Waals surface area (Å²) < 4.78 is 6.56. The number of nitro benzene ring substituents is 1. The zero-order valence-electron chi connectivity index (χ0n) is 19.8. The maximum absolute atomic E-state index is 12.5. The SMILES string of the molecule is C/C(=N\NC(=O)C(C)n1nc(C)c([N+](=O)[O-])c1C)c1ccc(OC(=O)c2ccc([N+](=O)[O-])cc2)cc1. The van der Waals surface area contributed by atoms with Gasteiger partial charge in [-0.25, -0.2) is 10.2 Å². The third-order valence-electron chi connectivity index (χ3n) is 5.35. The lowest BCUT2D eigenvalue weighted by Gasteiger charge is -2.12. The summed E-state index contributed by atoms with van der Waals surface area (Å²) in [6.45, 7) is 6.24. The van der Waals surface area contributed by atoms with Crippen LogP contribution in [-0.4, -0.2) is 37.2 Å². The predicted molar refractivity (Wildman–Crippen MR) is 128 cm³/mol. The number of carbonyl (C=O) groups is 2. The number of carbonyl (C=O) groups excluding carboxylic acids is 2. The first-order valence-corrected chi connectivity index (χ1v) is 10.6. The van der Waals surface area contributed by atoms with Crippen molar-refractivity contribution in [3.05, 3.63) is 91.3 Å². The highest BCUT2D eigenvalue weighted by Crippen LogP contribution is 2.24. The topological polar surface area (TPSA) is 172 Å². The molecule has 1 aromatic heterocycles. The zero-order chi connectivity index (χ0) is 26.6. The number of nitro groups is 2. The molecule has 0 aliphatic heterocycles. The van der Waals surface area contributed by atoms with Crippen LogP contribution in [0.15, 0.2) is 53.6 Å². The van der Waals surface area contributed by atoms with Crippen LogP contribution in [-0.2, 0) is 4.79 Å². The Labute approximate surface area is 204 Å². The average molecular weight is 494 g/mol. The number of ether oxygens (including phenoxy) is 1. The molecule has 3 aromatic rings. The van der Waals surface area contributed by atoms with E-state index in [1.807, 2.05) is 0 Å². The van der Waals surface area contributed by atoms with Crippen LogP contribution in [0.5, 0.6) is 5.75 Å². The van der Waals surface area contributed by atoms with E-state index in [0.29, 0.717) is 11.3 Å². The highest BCUT2D eigenvalue weighted by Gasteiger charge is 2.27. The van der Waals surface area contributed by atoms with Crippen LogP contribution >= 0.6 is 0 Å². The van der Waals surface area contributed by atoms with Crippen LogP contribution < -0.4 is 10.2 Å². The lowest BCUT2D eigenvalue weighted by molar-refractivity contribution is -0.386. The molecule has 36 heavy (non-hydrogen) atoms. The molecule has 0 radical (unpaired) electrons. The van der Waals surface area contributed by atoms with E-state index in [2.05, 4.69) is 15.6 Å². The average Bonchev–Trinajstić information content (AvgIpc) is 3.15. The van der Waals surface area contributed by atoms with E-state index in [-0.39, 0.29) is 34.1 Å². The monoisotopic (exact) mass is 494 g/mol. The van der Waals surface area contributed by atoms with Gasteiger partial charge in [-0.15, -0.1) is 0 Å². The lowest BCUT2D eigenvalue weighted by atomic mass is 10.1. The minimum Gasteiger partial charge on any atom is -0.423 e. The van der Waals surface area contributed by atoms with Gasteiger partial charge in [0, 0.05) is 12.1 Å². The Morgan fingerprint density at radius 2 is 1.58 bits per heavy atom. The third-order valence-corrected chi connectivity index (χ3v) is 5.35. The van der Waals surface area contributed by atoms with Gasteiger partial charge in [0.25, 0.3) is 11.6 Å². The Bertz CT molecular complexity index is 1360. The summed E-state index contributed by atoms with van der Waals surface area (Å²) in [6.07, 6.45) is 0. The molecule has 1 N–H and O–H groups in total. The summed E-state index contributed by atoms with van der Waals surface area (Å²) in [5.74, 6) is -0.934. The van der Waals surface area contributed by atoms with Crippen LogP contribution in [0.2, 0.25) is 0 Å². The molecular formula is C23H22N6O7. The Morgan fingerprint density at radius 1 is 1.00 bits per heavy atom. The first-order chi connectivity index (χ1) is 17.0. The molecular weight excluding hydrogens is 472 g/mol. The maximum Gasteiger partial charge on any atom is 0.343 e. The molecule has 0 aliphatic rings. The van der Waals surface area contributed by atoms with E-state index in [4.69, 9.17) is 4.74 Å². The molecule has 13 heteroatoms. The molecule has 0 saturated carbocycles. The second-order valence-electron chi connectivity index (χ2n) is 7.79. The van der Waals surface area contributed by atoms with Crippen molar-refractivity contribution in [2.45, 2.75) is 33.7 Å². The fraction of sp³-hybridized carbons (Fsp3) is 0.217. The number of nitrogens with zero attached hydrogens (tertiary/aromatic N) is 5. The van der Waals surface area contributed by atoms with Gasteiger partial charge in [0.2, 0.25) is 0 Å². The predicted octanol–water partition coefficient (Wildman–Crippen LogP) is 3.64. The third kappa shape index (κ3) is 5.58. The van der Waals surface area contributed by atoms with Gasteiger partial charge in [-0.3, -0.25) is 29.7 Å². The summed E-state index contributed by atoms with van der Waals surface area (Å²) in [5.41, 5.74) is 3.90. The Balaban J connectivity index is 1.63. The molecule has 1 heterocycles. The number of esters is 1. The number of aryl methyl sites for hydroxylation is 1. The number of hydrogen-bond donors (Lipinski definition) is 1. The van der Waals surface area contributed by atoms with E-state index in [1.165, 1.54) is 54.9 Å². The van der Waals surface area contributed by atoms with Crippen LogP contribution in [0.4, 0.5) is 11.4 Å². The number of hydrazone groups is 1. The summed E-state index contributed by atoms with van der Waals surface area (Å²) in [5, 5.41) is 30.1. The number of aromatic nitrogens is 2. The number of non-ortho nitro benzene ring substituents is 1. The normalized spacial score (nSPS) is 12.1. The van der Waals surface area contributed by atoms with Crippen LogP contribution in [0.25, 0.3) is 0 Å². The van der Waals surface area contributed by atoms with Crippen molar-refractivity contribution in [3.8, 4) is 5.75 Å². The number of nitrogens with one attached hydrogen (secondary N) is 1. The minimum absolute atomic E-state index is 0.135. The molecule has 1 atom stereocenters. The summed E-state index contributed by atoms with van der Waals surface area (Å²) >= 11 is 0. The molecule has 1 unspecified atom stereocenters. The zero-order valence-corrected chi connectivity index (χ0v) is 19.8. The van der Waals surface area contributed by atoms with Gasteiger partial charge in [0.1, 0.15) is 23.2 Å². The molecule has 0 saturated heterocycles. The fourth-order valence-corrected chi connectivity index (χ4v) is 3.35. The highest BCUT2D eigenvalue weighted by molar-refractivity contribution is 5.99. The van der Waals surface area contributed by atoms with E-state index in [0.717, 1.165) is 0 Å². The second kappa shape index (κ2) is 10.5. The maximum atomic E-state index is 12.5. The minimum atomic E-state index is -0.838.